The first-order valence-corrected chi connectivity index (χ1v) is 13.9. The summed E-state index contributed by atoms with van der Waals surface area (Å²) in [4.78, 5) is 28.0. The molecule has 196 valence electrons. The van der Waals surface area contributed by atoms with Crippen LogP contribution in [0.3, 0.4) is 0 Å². The number of nitrogens with zero attached hydrogens (tertiary/aromatic N) is 2. The highest BCUT2D eigenvalue weighted by atomic mass is 35.5. The van der Waals surface area contributed by atoms with Crippen LogP contribution in [-0.4, -0.2) is 44.8 Å². The zero-order valence-electron chi connectivity index (χ0n) is 20.8. The number of sulfonamides is 1. The maximum Gasteiger partial charge on any atom is 0.264 e. The molecule has 0 bridgehead atoms. The lowest BCUT2D eigenvalue weighted by Crippen LogP contribution is -2.51. The van der Waals surface area contributed by atoms with Crippen LogP contribution in [0, 0.1) is 6.92 Å². The van der Waals surface area contributed by atoms with Crippen molar-refractivity contribution in [3.63, 3.8) is 0 Å². The van der Waals surface area contributed by atoms with Gasteiger partial charge in [0, 0.05) is 23.6 Å². The van der Waals surface area contributed by atoms with Crippen LogP contribution in [-0.2, 0) is 26.2 Å². The molecule has 10 heteroatoms. The maximum atomic E-state index is 13.8. The molecular formula is C27H29Cl2N3O4S. The number of benzene rings is 3. The molecule has 1 N–H and O–H groups in total. The molecule has 0 saturated carbocycles. The van der Waals surface area contributed by atoms with Crippen LogP contribution in [0.2, 0.25) is 10.0 Å². The number of halogens is 2. The van der Waals surface area contributed by atoms with Gasteiger partial charge in [-0.05, 0) is 61.4 Å². The van der Waals surface area contributed by atoms with Gasteiger partial charge in [0.1, 0.15) is 12.6 Å². The third kappa shape index (κ3) is 7.03. The fourth-order valence-corrected chi connectivity index (χ4v) is 5.59. The summed E-state index contributed by atoms with van der Waals surface area (Å²) in [6, 6.07) is 18.8. The topological polar surface area (TPSA) is 86.8 Å². The maximum absolute atomic E-state index is 13.8. The van der Waals surface area contributed by atoms with Crippen LogP contribution in [0.5, 0.6) is 0 Å². The van der Waals surface area contributed by atoms with Crippen LogP contribution < -0.4 is 9.62 Å². The minimum absolute atomic E-state index is 0.0356. The van der Waals surface area contributed by atoms with Crippen molar-refractivity contribution in [2.45, 2.75) is 37.8 Å². The van der Waals surface area contributed by atoms with E-state index in [9.17, 15) is 18.0 Å². The van der Waals surface area contributed by atoms with Gasteiger partial charge in [-0.1, -0.05) is 66.0 Å². The molecule has 0 radical (unpaired) electrons. The van der Waals surface area contributed by atoms with Crippen LogP contribution >= 0.6 is 23.2 Å². The third-order valence-electron chi connectivity index (χ3n) is 5.88. The first-order valence-electron chi connectivity index (χ1n) is 11.7. The van der Waals surface area contributed by atoms with Gasteiger partial charge in [0.15, 0.2) is 0 Å². The monoisotopic (exact) mass is 561 g/mol. The van der Waals surface area contributed by atoms with Crippen molar-refractivity contribution in [1.29, 1.82) is 0 Å². The quantitative estimate of drug-likeness (QED) is 0.375. The fraction of sp³-hybridized carbons (Fsp3) is 0.259. The van der Waals surface area contributed by atoms with Gasteiger partial charge in [-0.25, -0.2) is 8.42 Å². The van der Waals surface area contributed by atoms with E-state index in [4.69, 9.17) is 23.2 Å². The van der Waals surface area contributed by atoms with Gasteiger partial charge in [-0.2, -0.15) is 0 Å². The van der Waals surface area contributed by atoms with Gasteiger partial charge >= 0.3 is 0 Å². The molecule has 0 heterocycles. The van der Waals surface area contributed by atoms with Crippen molar-refractivity contribution in [3.05, 3.63) is 94.0 Å². The van der Waals surface area contributed by atoms with Gasteiger partial charge in [0.05, 0.1) is 10.6 Å². The molecule has 37 heavy (non-hydrogen) atoms. The number of carbonyl (C=O) groups is 2. The lowest BCUT2D eigenvalue weighted by atomic mass is 10.1. The van der Waals surface area contributed by atoms with E-state index in [2.05, 4.69) is 5.32 Å². The summed E-state index contributed by atoms with van der Waals surface area (Å²) in [5, 5.41) is 3.46. The van der Waals surface area contributed by atoms with Crippen molar-refractivity contribution in [1.82, 2.24) is 10.2 Å². The number of carbonyl (C=O) groups excluding carboxylic acids is 2. The summed E-state index contributed by atoms with van der Waals surface area (Å²) in [5.74, 6) is -0.887. The molecule has 1 atom stereocenters. The highest BCUT2D eigenvalue weighted by Crippen LogP contribution is 2.27. The number of rotatable bonds is 10. The Morgan fingerprint density at radius 2 is 1.59 bits per heavy atom. The van der Waals surface area contributed by atoms with E-state index in [1.807, 2.05) is 6.92 Å². The lowest BCUT2D eigenvalue weighted by Gasteiger charge is -2.33. The highest BCUT2D eigenvalue weighted by Gasteiger charge is 2.33. The second-order valence-corrected chi connectivity index (χ2v) is 11.2. The summed E-state index contributed by atoms with van der Waals surface area (Å²) in [5.41, 5.74) is 1.88. The summed E-state index contributed by atoms with van der Waals surface area (Å²) in [6.07, 6.45) is 0.334. The van der Waals surface area contributed by atoms with E-state index in [0.717, 1.165) is 15.4 Å². The second-order valence-electron chi connectivity index (χ2n) is 8.49. The minimum Gasteiger partial charge on any atom is -0.357 e. The third-order valence-corrected chi connectivity index (χ3v) is 8.16. The molecule has 3 aromatic carbocycles. The fourth-order valence-electron chi connectivity index (χ4n) is 3.87. The Morgan fingerprint density at radius 1 is 0.946 bits per heavy atom. The SMILES string of the molecule is CCC(C(=O)NC)N(Cc1ccc(Cl)cc1)C(=O)CN(c1cccc(Cl)c1)S(=O)(=O)c1ccc(C)cc1. The van der Waals surface area contributed by atoms with Gasteiger partial charge < -0.3 is 10.2 Å². The zero-order valence-corrected chi connectivity index (χ0v) is 23.1. The normalized spacial score (nSPS) is 12.0. The van der Waals surface area contributed by atoms with Gasteiger partial charge in [-0.3, -0.25) is 13.9 Å². The zero-order chi connectivity index (χ0) is 27.2. The molecule has 1 unspecified atom stereocenters. The summed E-state index contributed by atoms with van der Waals surface area (Å²) < 4.78 is 28.5. The molecule has 0 aromatic heterocycles. The van der Waals surface area contributed by atoms with Crippen LogP contribution in [0.4, 0.5) is 5.69 Å². The van der Waals surface area contributed by atoms with Crippen LogP contribution in [0.1, 0.15) is 24.5 Å². The van der Waals surface area contributed by atoms with E-state index in [0.29, 0.717) is 16.5 Å². The van der Waals surface area contributed by atoms with Crippen molar-refractivity contribution in [2.24, 2.45) is 0 Å². The summed E-state index contributed by atoms with van der Waals surface area (Å²) >= 11 is 12.2. The molecule has 3 aromatic rings. The number of hydrogen-bond donors (Lipinski definition) is 1. The molecule has 3 rings (SSSR count). The Bertz CT molecular complexity index is 1350. The molecule has 0 spiro atoms. The molecule has 0 saturated heterocycles. The van der Waals surface area contributed by atoms with E-state index < -0.39 is 28.5 Å². The molecule has 0 aliphatic rings. The number of likely N-dealkylation sites (N-methyl/N-ethyl adjacent to an activating group) is 1. The van der Waals surface area contributed by atoms with Crippen molar-refractivity contribution in [2.75, 3.05) is 17.9 Å². The van der Waals surface area contributed by atoms with Gasteiger partial charge in [0.2, 0.25) is 11.8 Å². The first-order chi connectivity index (χ1) is 17.6. The Hall–Kier alpha value is -3.07. The average Bonchev–Trinajstić information content (AvgIpc) is 2.88. The van der Waals surface area contributed by atoms with Crippen LogP contribution in [0.25, 0.3) is 0 Å². The first kappa shape index (κ1) is 28.5. The van der Waals surface area contributed by atoms with E-state index >= 15 is 0 Å². The van der Waals surface area contributed by atoms with Crippen LogP contribution in [0.15, 0.2) is 77.7 Å². The second kappa shape index (κ2) is 12.4. The summed E-state index contributed by atoms with van der Waals surface area (Å²) in [7, 11) is -2.65. The lowest BCUT2D eigenvalue weighted by molar-refractivity contribution is -0.140. The highest BCUT2D eigenvalue weighted by molar-refractivity contribution is 7.92. The van der Waals surface area contributed by atoms with Crippen molar-refractivity contribution >= 4 is 50.7 Å². The molecular weight excluding hydrogens is 533 g/mol. The molecule has 0 fully saturated rings. The largest absolute Gasteiger partial charge is 0.357 e. The van der Waals surface area contributed by atoms with E-state index in [-0.39, 0.29) is 23.0 Å². The number of anilines is 1. The Morgan fingerprint density at radius 3 is 2.16 bits per heavy atom. The Balaban J connectivity index is 2.05. The minimum atomic E-state index is -4.14. The summed E-state index contributed by atoms with van der Waals surface area (Å²) in [6.45, 7) is 3.21. The average molecular weight is 563 g/mol. The molecule has 0 aliphatic heterocycles. The molecule has 0 aliphatic carbocycles. The van der Waals surface area contributed by atoms with Gasteiger partial charge in [0.25, 0.3) is 10.0 Å². The Kier molecular flexibility index (Phi) is 9.59. The van der Waals surface area contributed by atoms with Gasteiger partial charge in [-0.15, -0.1) is 0 Å². The number of amides is 2. The van der Waals surface area contributed by atoms with E-state index in [1.165, 1.54) is 30.1 Å². The number of nitrogens with one attached hydrogen (secondary N) is 1. The predicted molar refractivity (Wildman–Crippen MR) is 147 cm³/mol. The standard InChI is InChI=1S/C27H29Cl2N3O4S/c1-4-25(27(34)30-3)31(17-20-10-12-21(28)13-11-20)26(33)18-32(23-7-5-6-22(29)16-23)37(35,36)24-14-8-19(2)9-15-24/h5-16,25H,4,17-18H2,1-3H3,(H,30,34). The van der Waals surface area contributed by atoms with Crippen molar-refractivity contribution < 1.29 is 18.0 Å². The Labute approximate surface area is 228 Å². The molecule has 2 amide bonds. The predicted octanol–water partition coefficient (Wildman–Crippen LogP) is 5.05. The number of aryl methyl sites for hydroxylation is 1. The number of hydrogen-bond acceptors (Lipinski definition) is 4. The van der Waals surface area contributed by atoms with E-state index in [1.54, 1.807) is 61.5 Å². The smallest absolute Gasteiger partial charge is 0.264 e. The molecule has 7 nitrogen and oxygen atoms in total. The van der Waals surface area contributed by atoms with Crippen molar-refractivity contribution in [3.8, 4) is 0 Å².